The molecule has 1 amide bonds. The van der Waals surface area contributed by atoms with E-state index in [1.807, 2.05) is 23.1 Å². The fourth-order valence-electron chi connectivity index (χ4n) is 2.25. The lowest BCUT2D eigenvalue weighted by Crippen LogP contribution is -2.37. The molecule has 0 spiro atoms. The van der Waals surface area contributed by atoms with Gasteiger partial charge in [0.1, 0.15) is 0 Å². The summed E-state index contributed by atoms with van der Waals surface area (Å²) in [7, 11) is 0. The van der Waals surface area contributed by atoms with Gasteiger partial charge in [0.25, 0.3) is 0 Å². The van der Waals surface area contributed by atoms with Gasteiger partial charge in [-0.05, 0) is 30.2 Å². The molecule has 18 heavy (non-hydrogen) atoms. The number of aryl methyl sites for hydroxylation is 1. The van der Waals surface area contributed by atoms with Crippen LogP contribution in [0.15, 0.2) is 36.4 Å². The van der Waals surface area contributed by atoms with E-state index in [0.717, 1.165) is 30.8 Å². The highest BCUT2D eigenvalue weighted by molar-refractivity contribution is 5.96. The van der Waals surface area contributed by atoms with Crippen LogP contribution in [0.4, 0.5) is 5.69 Å². The second-order valence-corrected chi connectivity index (χ2v) is 4.64. The first kappa shape index (κ1) is 12.8. The highest BCUT2D eigenvalue weighted by Crippen LogP contribution is 2.27. The van der Waals surface area contributed by atoms with E-state index in [-0.39, 0.29) is 5.91 Å². The van der Waals surface area contributed by atoms with Crippen LogP contribution in [0.3, 0.4) is 0 Å². The molecule has 0 bridgehead atoms. The predicted molar refractivity (Wildman–Crippen MR) is 74.8 cm³/mol. The number of carbonyl (C=O) groups excluding carboxylic acids is 1. The van der Waals surface area contributed by atoms with Crippen molar-refractivity contribution < 1.29 is 4.79 Å². The topological polar surface area (TPSA) is 32.3 Å². The quantitative estimate of drug-likeness (QED) is 0.805. The van der Waals surface area contributed by atoms with Gasteiger partial charge in [0.15, 0.2) is 0 Å². The van der Waals surface area contributed by atoms with Crippen LogP contribution >= 0.6 is 0 Å². The van der Waals surface area contributed by atoms with Crippen LogP contribution in [0.2, 0.25) is 0 Å². The zero-order chi connectivity index (χ0) is 13.0. The van der Waals surface area contributed by atoms with Gasteiger partial charge < -0.3 is 10.2 Å². The molecular formula is C15H20N2O. The summed E-state index contributed by atoms with van der Waals surface area (Å²) < 4.78 is 0. The maximum absolute atomic E-state index is 12.0. The summed E-state index contributed by atoms with van der Waals surface area (Å²) in [5.74, 6) is 0.200. The van der Waals surface area contributed by atoms with E-state index in [9.17, 15) is 4.79 Å². The van der Waals surface area contributed by atoms with Gasteiger partial charge in [-0.3, -0.25) is 4.79 Å². The second kappa shape index (κ2) is 5.83. The number of anilines is 1. The molecule has 0 radical (unpaired) electrons. The fourth-order valence-corrected chi connectivity index (χ4v) is 2.25. The van der Waals surface area contributed by atoms with Crippen molar-refractivity contribution in [2.45, 2.75) is 19.8 Å². The lowest BCUT2D eigenvalue weighted by Gasteiger charge is -2.30. The fraction of sp³-hybridized carbons (Fsp3) is 0.400. The molecule has 1 N–H and O–H groups in total. The zero-order valence-corrected chi connectivity index (χ0v) is 10.9. The summed E-state index contributed by atoms with van der Waals surface area (Å²) in [6.45, 7) is 8.40. The molecule has 0 atom stereocenters. The summed E-state index contributed by atoms with van der Waals surface area (Å²) in [4.78, 5) is 13.9. The lowest BCUT2D eigenvalue weighted by atomic mass is 10.0. The monoisotopic (exact) mass is 244 g/mol. The average molecular weight is 244 g/mol. The van der Waals surface area contributed by atoms with E-state index >= 15 is 0 Å². The molecule has 1 aliphatic heterocycles. The van der Waals surface area contributed by atoms with Crippen molar-refractivity contribution in [1.82, 2.24) is 5.32 Å². The Hall–Kier alpha value is -1.61. The molecule has 96 valence electrons. The Morgan fingerprint density at radius 2 is 2.17 bits per heavy atom. The Balaban J connectivity index is 2.12. The van der Waals surface area contributed by atoms with Gasteiger partial charge in [0, 0.05) is 25.2 Å². The number of benzene rings is 1. The molecule has 0 aromatic heterocycles. The van der Waals surface area contributed by atoms with E-state index in [4.69, 9.17) is 0 Å². The smallest absolute Gasteiger partial charge is 0.227 e. The standard InChI is InChI=1S/C15H20N2O/c1-3-16-10-12(2)11-17-14-7-5-4-6-13(14)8-9-15(17)18/h4-7,16H,2-3,8-11H2,1H3. The molecule has 1 aromatic carbocycles. The number of fused-ring (bicyclic) bond motifs is 1. The molecule has 0 fully saturated rings. The van der Waals surface area contributed by atoms with Crippen molar-refractivity contribution in [2.75, 3.05) is 24.5 Å². The summed E-state index contributed by atoms with van der Waals surface area (Å²) >= 11 is 0. The SMILES string of the molecule is C=C(CNCC)CN1C(=O)CCc2ccccc21. The van der Waals surface area contributed by atoms with Crippen LogP contribution in [-0.2, 0) is 11.2 Å². The largest absolute Gasteiger partial charge is 0.313 e. The van der Waals surface area contributed by atoms with E-state index in [1.165, 1.54) is 5.56 Å². The van der Waals surface area contributed by atoms with Gasteiger partial charge >= 0.3 is 0 Å². The normalized spacial score (nSPS) is 14.5. The van der Waals surface area contributed by atoms with Crippen LogP contribution in [-0.4, -0.2) is 25.5 Å². The molecule has 1 aromatic rings. The number of hydrogen-bond donors (Lipinski definition) is 1. The molecule has 0 aliphatic carbocycles. The molecule has 1 aliphatic rings. The minimum Gasteiger partial charge on any atom is -0.313 e. The maximum Gasteiger partial charge on any atom is 0.227 e. The molecule has 3 nitrogen and oxygen atoms in total. The Labute approximate surface area is 108 Å². The number of nitrogens with one attached hydrogen (secondary N) is 1. The minimum absolute atomic E-state index is 0.200. The van der Waals surface area contributed by atoms with Crippen LogP contribution in [0.1, 0.15) is 18.9 Å². The van der Waals surface area contributed by atoms with Gasteiger partial charge in [-0.2, -0.15) is 0 Å². The summed E-state index contributed by atoms with van der Waals surface area (Å²) in [6.07, 6.45) is 1.46. The van der Waals surface area contributed by atoms with Gasteiger partial charge in [-0.1, -0.05) is 31.7 Å². The van der Waals surface area contributed by atoms with Gasteiger partial charge in [-0.15, -0.1) is 0 Å². The number of para-hydroxylation sites is 1. The summed E-state index contributed by atoms with van der Waals surface area (Å²) in [5.41, 5.74) is 3.35. The third-order valence-electron chi connectivity index (χ3n) is 3.20. The predicted octanol–water partition coefficient (Wildman–Crippen LogP) is 2.13. The Morgan fingerprint density at radius 1 is 1.39 bits per heavy atom. The molecule has 1 heterocycles. The summed E-state index contributed by atoms with van der Waals surface area (Å²) in [6, 6.07) is 8.13. The molecule has 3 heteroatoms. The number of amides is 1. The van der Waals surface area contributed by atoms with Crippen molar-refractivity contribution in [2.24, 2.45) is 0 Å². The third-order valence-corrected chi connectivity index (χ3v) is 3.20. The van der Waals surface area contributed by atoms with Crippen molar-refractivity contribution >= 4 is 11.6 Å². The van der Waals surface area contributed by atoms with E-state index in [1.54, 1.807) is 0 Å². The van der Waals surface area contributed by atoms with E-state index < -0.39 is 0 Å². The number of carbonyl (C=O) groups is 1. The number of hydrogen-bond acceptors (Lipinski definition) is 2. The van der Waals surface area contributed by atoms with Crippen molar-refractivity contribution in [3.05, 3.63) is 42.0 Å². The highest BCUT2D eigenvalue weighted by Gasteiger charge is 2.23. The molecule has 0 saturated carbocycles. The zero-order valence-electron chi connectivity index (χ0n) is 10.9. The van der Waals surface area contributed by atoms with E-state index in [0.29, 0.717) is 13.0 Å². The van der Waals surface area contributed by atoms with Crippen molar-refractivity contribution in [1.29, 1.82) is 0 Å². The number of rotatable bonds is 5. The van der Waals surface area contributed by atoms with Crippen LogP contribution in [0.5, 0.6) is 0 Å². The van der Waals surface area contributed by atoms with Gasteiger partial charge in [0.2, 0.25) is 5.91 Å². The number of likely N-dealkylation sites (N-methyl/N-ethyl adjacent to an activating group) is 1. The van der Waals surface area contributed by atoms with Crippen molar-refractivity contribution in [3.8, 4) is 0 Å². The molecular weight excluding hydrogens is 224 g/mol. The third kappa shape index (κ3) is 2.79. The molecule has 0 unspecified atom stereocenters. The molecule has 2 rings (SSSR count). The first-order valence-corrected chi connectivity index (χ1v) is 6.48. The van der Waals surface area contributed by atoms with Crippen LogP contribution in [0.25, 0.3) is 0 Å². The summed E-state index contributed by atoms with van der Waals surface area (Å²) in [5, 5.41) is 3.24. The first-order valence-electron chi connectivity index (χ1n) is 6.48. The van der Waals surface area contributed by atoms with Crippen molar-refractivity contribution in [3.63, 3.8) is 0 Å². The second-order valence-electron chi connectivity index (χ2n) is 4.64. The lowest BCUT2D eigenvalue weighted by molar-refractivity contribution is -0.118. The molecule has 0 saturated heterocycles. The van der Waals surface area contributed by atoms with Crippen LogP contribution < -0.4 is 10.2 Å². The Bertz CT molecular complexity index is 454. The average Bonchev–Trinajstić information content (AvgIpc) is 2.40. The first-order chi connectivity index (χ1) is 8.72. The number of nitrogens with zero attached hydrogens (tertiary/aromatic N) is 1. The van der Waals surface area contributed by atoms with Gasteiger partial charge in [0.05, 0.1) is 0 Å². The Kier molecular flexibility index (Phi) is 4.15. The highest BCUT2D eigenvalue weighted by atomic mass is 16.2. The van der Waals surface area contributed by atoms with E-state index in [2.05, 4.69) is 24.9 Å². The van der Waals surface area contributed by atoms with Crippen LogP contribution in [0, 0.1) is 0 Å². The Morgan fingerprint density at radius 3 is 2.94 bits per heavy atom. The minimum atomic E-state index is 0.200. The van der Waals surface area contributed by atoms with Gasteiger partial charge in [-0.25, -0.2) is 0 Å². The maximum atomic E-state index is 12.0.